The molecule has 1 saturated heterocycles. The number of rotatable bonds is 3. The van der Waals surface area contributed by atoms with E-state index in [4.69, 9.17) is 0 Å². The van der Waals surface area contributed by atoms with E-state index >= 15 is 0 Å². The van der Waals surface area contributed by atoms with Gasteiger partial charge in [-0.25, -0.2) is 9.97 Å². The summed E-state index contributed by atoms with van der Waals surface area (Å²) in [5.41, 5.74) is 0.510. The average molecular weight is 316 g/mol. The Bertz CT molecular complexity index is 554. The Kier molecular flexibility index (Phi) is 5.13. The number of piperidine rings is 1. The first-order valence-corrected chi connectivity index (χ1v) is 9.03. The van der Waals surface area contributed by atoms with Crippen molar-refractivity contribution < 1.29 is 4.79 Å². The van der Waals surface area contributed by atoms with Crippen molar-refractivity contribution >= 4 is 11.7 Å². The molecule has 1 aromatic heterocycles. The minimum absolute atomic E-state index is 0.0475. The van der Waals surface area contributed by atoms with E-state index in [2.05, 4.69) is 27.1 Å². The third-order valence-electron chi connectivity index (χ3n) is 4.98. The number of nitrogens with one attached hydrogen (secondary N) is 1. The quantitative estimate of drug-likeness (QED) is 0.931. The first-order valence-electron chi connectivity index (χ1n) is 9.03. The number of aryl methyl sites for hydroxylation is 1. The number of carbonyl (C=O) groups excluding carboxylic acids is 1. The highest BCUT2D eigenvalue weighted by atomic mass is 16.1. The summed E-state index contributed by atoms with van der Waals surface area (Å²) in [5.74, 6) is 2.21. The van der Waals surface area contributed by atoms with Crippen LogP contribution in [0.5, 0.6) is 0 Å². The molecule has 0 aromatic carbocycles. The zero-order chi connectivity index (χ0) is 16.2. The third kappa shape index (κ3) is 4.21. The van der Waals surface area contributed by atoms with E-state index in [9.17, 15) is 4.79 Å². The fourth-order valence-electron chi connectivity index (χ4n) is 3.73. The Morgan fingerprint density at radius 2 is 1.96 bits per heavy atom. The van der Waals surface area contributed by atoms with Crippen LogP contribution in [-0.2, 0) is 0 Å². The molecule has 3 rings (SSSR count). The topological polar surface area (TPSA) is 58.1 Å². The molecule has 0 spiro atoms. The Morgan fingerprint density at radius 1 is 1.17 bits per heavy atom. The lowest BCUT2D eigenvalue weighted by molar-refractivity contribution is 0.0922. The van der Waals surface area contributed by atoms with Crippen LogP contribution in [0.4, 0.5) is 5.82 Å². The summed E-state index contributed by atoms with van der Waals surface area (Å²) in [4.78, 5) is 23.8. The second-order valence-electron chi connectivity index (χ2n) is 7.16. The second-order valence-corrected chi connectivity index (χ2v) is 7.16. The second kappa shape index (κ2) is 7.28. The van der Waals surface area contributed by atoms with Gasteiger partial charge >= 0.3 is 0 Å². The van der Waals surface area contributed by atoms with E-state index in [0.717, 1.165) is 31.7 Å². The number of aromatic nitrogens is 2. The molecule has 2 heterocycles. The standard InChI is InChI=1S/C18H28N4O/c1-13-7-6-10-22(12-13)17-11-16(19-14(2)20-17)18(23)21-15-8-4-3-5-9-15/h11,13,15H,3-10,12H2,1-2H3,(H,21,23). The Morgan fingerprint density at radius 3 is 2.70 bits per heavy atom. The van der Waals surface area contributed by atoms with Gasteiger partial charge < -0.3 is 10.2 Å². The van der Waals surface area contributed by atoms with Gasteiger partial charge in [0.1, 0.15) is 17.3 Å². The van der Waals surface area contributed by atoms with E-state index in [1.54, 1.807) is 0 Å². The van der Waals surface area contributed by atoms with Gasteiger partial charge in [0.25, 0.3) is 5.91 Å². The Labute approximate surface area is 138 Å². The minimum Gasteiger partial charge on any atom is -0.356 e. The van der Waals surface area contributed by atoms with Gasteiger partial charge in [-0.2, -0.15) is 0 Å². The van der Waals surface area contributed by atoms with Gasteiger partial charge in [0, 0.05) is 25.2 Å². The highest BCUT2D eigenvalue weighted by Crippen LogP contribution is 2.22. The normalized spacial score (nSPS) is 22.9. The summed E-state index contributed by atoms with van der Waals surface area (Å²) in [6.07, 6.45) is 8.35. The maximum atomic E-state index is 12.5. The fraction of sp³-hybridized carbons (Fsp3) is 0.722. The van der Waals surface area contributed by atoms with Crippen LogP contribution in [0.3, 0.4) is 0 Å². The molecular formula is C18H28N4O. The summed E-state index contributed by atoms with van der Waals surface area (Å²) in [6.45, 7) is 6.18. The molecule has 2 aliphatic rings. The predicted octanol–water partition coefficient (Wildman–Crippen LogP) is 3.08. The van der Waals surface area contributed by atoms with Gasteiger partial charge in [0.2, 0.25) is 0 Å². The minimum atomic E-state index is -0.0475. The van der Waals surface area contributed by atoms with Crippen LogP contribution in [-0.4, -0.2) is 35.0 Å². The first kappa shape index (κ1) is 16.2. The van der Waals surface area contributed by atoms with Crippen LogP contribution in [0.2, 0.25) is 0 Å². The van der Waals surface area contributed by atoms with Crippen molar-refractivity contribution in [3.63, 3.8) is 0 Å². The lowest BCUT2D eigenvalue weighted by atomic mass is 9.95. The number of hydrogen-bond acceptors (Lipinski definition) is 4. The first-order chi connectivity index (χ1) is 11.1. The van der Waals surface area contributed by atoms with Gasteiger partial charge in [-0.05, 0) is 38.5 Å². The molecule has 2 fully saturated rings. The molecule has 1 N–H and O–H groups in total. The van der Waals surface area contributed by atoms with Crippen molar-refractivity contribution in [2.75, 3.05) is 18.0 Å². The van der Waals surface area contributed by atoms with Crippen LogP contribution >= 0.6 is 0 Å². The monoisotopic (exact) mass is 316 g/mol. The number of nitrogens with zero attached hydrogens (tertiary/aromatic N) is 3. The van der Waals surface area contributed by atoms with E-state index in [-0.39, 0.29) is 5.91 Å². The van der Waals surface area contributed by atoms with Gasteiger partial charge in [0.15, 0.2) is 0 Å². The van der Waals surface area contributed by atoms with Gasteiger partial charge in [-0.3, -0.25) is 4.79 Å². The van der Waals surface area contributed by atoms with Crippen LogP contribution in [0, 0.1) is 12.8 Å². The molecule has 1 amide bonds. The summed E-state index contributed by atoms with van der Waals surface area (Å²) < 4.78 is 0. The summed E-state index contributed by atoms with van der Waals surface area (Å²) in [7, 11) is 0. The van der Waals surface area contributed by atoms with E-state index in [1.165, 1.54) is 32.1 Å². The molecular weight excluding hydrogens is 288 g/mol. The number of amides is 1. The zero-order valence-electron chi connectivity index (χ0n) is 14.3. The third-order valence-corrected chi connectivity index (χ3v) is 4.98. The molecule has 0 radical (unpaired) electrons. The maximum Gasteiger partial charge on any atom is 0.270 e. The van der Waals surface area contributed by atoms with E-state index in [1.807, 2.05) is 13.0 Å². The molecule has 1 atom stereocenters. The number of hydrogen-bond donors (Lipinski definition) is 1. The van der Waals surface area contributed by atoms with Gasteiger partial charge in [-0.15, -0.1) is 0 Å². The molecule has 0 bridgehead atoms. The highest BCUT2D eigenvalue weighted by molar-refractivity contribution is 5.93. The van der Waals surface area contributed by atoms with E-state index < -0.39 is 0 Å². The molecule has 5 nitrogen and oxygen atoms in total. The maximum absolute atomic E-state index is 12.5. The van der Waals surface area contributed by atoms with Gasteiger partial charge in [0.05, 0.1) is 0 Å². The summed E-state index contributed by atoms with van der Waals surface area (Å²) in [6, 6.07) is 2.17. The number of anilines is 1. The Balaban J connectivity index is 1.72. The van der Waals surface area contributed by atoms with Crippen molar-refractivity contribution in [3.05, 3.63) is 17.6 Å². The van der Waals surface area contributed by atoms with Crippen molar-refractivity contribution in [2.24, 2.45) is 5.92 Å². The smallest absolute Gasteiger partial charge is 0.270 e. The van der Waals surface area contributed by atoms with E-state index in [0.29, 0.717) is 23.5 Å². The van der Waals surface area contributed by atoms with Crippen LogP contribution < -0.4 is 10.2 Å². The molecule has 1 saturated carbocycles. The summed E-state index contributed by atoms with van der Waals surface area (Å²) >= 11 is 0. The molecule has 5 heteroatoms. The molecule has 126 valence electrons. The summed E-state index contributed by atoms with van der Waals surface area (Å²) in [5, 5.41) is 3.15. The fourth-order valence-corrected chi connectivity index (χ4v) is 3.73. The van der Waals surface area contributed by atoms with Crippen LogP contribution in [0.25, 0.3) is 0 Å². The van der Waals surface area contributed by atoms with Crippen molar-refractivity contribution in [3.8, 4) is 0 Å². The lowest BCUT2D eigenvalue weighted by Crippen LogP contribution is -2.38. The van der Waals surface area contributed by atoms with Crippen molar-refractivity contribution in [1.29, 1.82) is 0 Å². The van der Waals surface area contributed by atoms with Crippen LogP contribution in [0.15, 0.2) is 6.07 Å². The highest BCUT2D eigenvalue weighted by Gasteiger charge is 2.21. The molecule has 23 heavy (non-hydrogen) atoms. The van der Waals surface area contributed by atoms with Crippen LogP contribution in [0.1, 0.15) is 68.2 Å². The average Bonchev–Trinajstić information content (AvgIpc) is 2.55. The van der Waals surface area contributed by atoms with Gasteiger partial charge in [-0.1, -0.05) is 26.2 Å². The molecule has 1 aliphatic heterocycles. The molecule has 1 unspecified atom stereocenters. The Hall–Kier alpha value is -1.65. The molecule has 1 aliphatic carbocycles. The predicted molar refractivity (Wildman–Crippen MR) is 91.7 cm³/mol. The lowest BCUT2D eigenvalue weighted by Gasteiger charge is -2.32. The largest absolute Gasteiger partial charge is 0.356 e. The van der Waals surface area contributed by atoms with Crippen molar-refractivity contribution in [1.82, 2.24) is 15.3 Å². The van der Waals surface area contributed by atoms with Crippen molar-refractivity contribution in [2.45, 2.75) is 64.8 Å². The molecule has 1 aromatic rings. The number of carbonyl (C=O) groups is 1. The SMILES string of the molecule is Cc1nc(C(=O)NC2CCCCC2)cc(N2CCCC(C)C2)n1. The zero-order valence-corrected chi connectivity index (χ0v) is 14.3.